The van der Waals surface area contributed by atoms with Crippen molar-refractivity contribution in [3.05, 3.63) is 34.9 Å². The molecule has 0 aromatic heterocycles. The van der Waals surface area contributed by atoms with Crippen LogP contribution in [0.5, 0.6) is 0 Å². The van der Waals surface area contributed by atoms with Gasteiger partial charge in [0.25, 0.3) is 0 Å². The summed E-state index contributed by atoms with van der Waals surface area (Å²) in [5.74, 6) is 0.786. The van der Waals surface area contributed by atoms with Crippen LogP contribution in [0.25, 0.3) is 0 Å². The average Bonchev–Trinajstić information content (AvgIpc) is 2.58. The minimum atomic E-state index is -0.106. The first kappa shape index (κ1) is 21.0. The van der Waals surface area contributed by atoms with E-state index in [1.165, 1.54) is 7.11 Å². The van der Waals surface area contributed by atoms with Crippen LogP contribution in [-0.4, -0.2) is 43.6 Å². The number of halogens is 2. The maximum atomic E-state index is 11.6. The Hall–Kier alpha value is -1.02. The fourth-order valence-electron chi connectivity index (χ4n) is 2.72. The fraction of sp³-hybridized carbons (Fsp3) is 0.529. The van der Waals surface area contributed by atoms with E-state index in [0.717, 1.165) is 49.0 Å². The molecule has 1 aromatic carbocycles. The van der Waals surface area contributed by atoms with Crippen LogP contribution in [0.1, 0.15) is 25.3 Å². The van der Waals surface area contributed by atoms with Crippen molar-refractivity contribution in [2.75, 3.05) is 26.7 Å². The molecule has 0 atom stereocenters. The van der Waals surface area contributed by atoms with Crippen LogP contribution in [0, 0.1) is 5.92 Å². The number of piperidine rings is 1. The molecule has 1 N–H and O–H groups in total. The maximum absolute atomic E-state index is 11.6. The Morgan fingerprint density at radius 1 is 1.42 bits per heavy atom. The van der Waals surface area contributed by atoms with E-state index in [4.69, 9.17) is 21.3 Å². The molecule has 2 rings (SSSR count). The standard InChI is InChI=1S/C17H24ClN3O2.HI/c1-3-19-17(20-12-13-5-4-6-15(18)11-13)21-9-7-14(8-10-21)16(22)23-2;/h4-6,11,14H,3,7-10,12H2,1-2H3,(H,19,20);1H. The van der Waals surface area contributed by atoms with Gasteiger partial charge in [-0.3, -0.25) is 4.79 Å². The van der Waals surface area contributed by atoms with E-state index < -0.39 is 0 Å². The number of rotatable bonds is 4. The van der Waals surface area contributed by atoms with Gasteiger partial charge in [0.2, 0.25) is 0 Å². The lowest BCUT2D eigenvalue weighted by Crippen LogP contribution is -2.46. The Labute approximate surface area is 165 Å². The number of nitrogens with zero attached hydrogens (tertiary/aromatic N) is 2. The van der Waals surface area contributed by atoms with Crippen molar-refractivity contribution >= 4 is 47.5 Å². The van der Waals surface area contributed by atoms with Crippen molar-refractivity contribution in [2.24, 2.45) is 10.9 Å². The average molecular weight is 466 g/mol. The molecule has 1 aliphatic rings. The normalized spacial score (nSPS) is 15.6. The molecular formula is C17H25ClIN3O2. The number of ether oxygens (including phenoxy) is 1. The largest absolute Gasteiger partial charge is 0.469 e. The van der Waals surface area contributed by atoms with E-state index >= 15 is 0 Å². The minimum Gasteiger partial charge on any atom is -0.469 e. The number of carbonyl (C=O) groups is 1. The lowest BCUT2D eigenvalue weighted by Gasteiger charge is -2.33. The second-order valence-electron chi connectivity index (χ2n) is 5.58. The number of esters is 1. The zero-order valence-electron chi connectivity index (χ0n) is 14.1. The molecule has 7 heteroatoms. The van der Waals surface area contributed by atoms with Crippen LogP contribution < -0.4 is 5.32 Å². The summed E-state index contributed by atoms with van der Waals surface area (Å²) in [6.07, 6.45) is 1.60. The number of likely N-dealkylation sites (tertiary alicyclic amines) is 1. The third-order valence-corrected chi connectivity index (χ3v) is 4.20. The molecular weight excluding hydrogens is 441 g/mol. The summed E-state index contributed by atoms with van der Waals surface area (Å²) in [5, 5.41) is 4.05. The van der Waals surface area contributed by atoms with Gasteiger partial charge in [0.05, 0.1) is 19.6 Å². The molecule has 5 nitrogen and oxygen atoms in total. The molecule has 0 bridgehead atoms. The molecule has 24 heavy (non-hydrogen) atoms. The third kappa shape index (κ3) is 6.12. The first-order chi connectivity index (χ1) is 11.1. The van der Waals surface area contributed by atoms with Crippen molar-refractivity contribution in [1.29, 1.82) is 0 Å². The molecule has 1 fully saturated rings. The molecule has 1 aromatic rings. The smallest absolute Gasteiger partial charge is 0.308 e. The molecule has 1 aliphatic heterocycles. The van der Waals surface area contributed by atoms with Crippen LogP contribution >= 0.6 is 35.6 Å². The molecule has 0 aliphatic carbocycles. The highest BCUT2D eigenvalue weighted by Gasteiger charge is 2.26. The van der Waals surface area contributed by atoms with E-state index in [-0.39, 0.29) is 35.9 Å². The van der Waals surface area contributed by atoms with Gasteiger partial charge in [0.15, 0.2) is 5.96 Å². The number of benzene rings is 1. The lowest BCUT2D eigenvalue weighted by atomic mass is 9.97. The van der Waals surface area contributed by atoms with Gasteiger partial charge in [0.1, 0.15) is 0 Å². The summed E-state index contributed by atoms with van der Waals surface area (Å²) in [4.78, 5) is 18.5. The van der Waals surface area contributed by atoms with Crippen molar-refractivity contribution in [2.45, 2.75) is 26.3 Å². The van der Waals surface area contributed by atoms with Gasteiger partial charge < -0.3 is 15.0 Å². The van der Waals surface area contributed by atoms with Crippen LogP contribution in [0.15, 0.2) is 29.3 Å². The van der Waals surface area contributed by atoms with Crippen molar-refractivity contribution in [3.63, 3.8) is 0 Å². The number of guanidine groups is 1. The summed E-state index contributed by atoms with van der Waals surface area (Å²) in [5.41, 5.74) is 1.08. The van der Waals surface area contributed by atoms with Gasteiger partial charge >= 0.3 is 5.97 Å². The van der Waals surface area contributed by atoms with Crippen LogP contribution in [0.2, 0.25) is 5.02 Å². The SMILES string of the molecule is CCNC(=NCc1cccc(Cl)c1)N1CCC(C(=O)OC)CC1.I. The van der Waals surface area contributed by atoms with E-state index in [9.17, 15) is 4.79 Å². The maximum Gasteiger partial charge on any atom is 0.308 e. The number of carbonyl (C=O) groups excluding carboxylic acids is 1. The molecule has 0 spiro atoms. The highest BCUT2D eigenvalue weighted by molar-refractivity contribution is 14.0. The highest BCUT2D eigenvalue weighted by Crippen LogP contribution is 2.19. The number of hydrogen-bond donors (Lipinski definition) is 1. The molecule has 1 saturated heterocycles. The van der Waals surface area contributed by atoms with E-state index in [1.54, 1.807) is 0 Å². The molecule has 0 saturated carbocycles. The first-order valence-electron chi connectivity index (χ1n) is 7.99. The Morgan fingerprint density at radius 2 is 2.12 bits per heavy atom. The zero-order valence-corrected chi connectivity index (χ0v) is 17.2. The monoisotopic (exact) mass is 465 g/mol. The summed E-state index contributed by atoms with van der Waals surface area (Å²) in [6.45, 7) is 5.06. The highest BCUT2D eigenvalue weighted by atomic mass is 127. The second-order valence-corrected chi connectivity index (χ2v) is 6.02. The zero-order chi connectivity index (χ0) is 16.7. The van der Waals surface area contributed by atoms with Crippen LogP contribution in [0.3, 0.4) is 0 Å². The lowest BCUT2D eigenvalue weighted by molar-refractivity contribution is -0.146. The van der Waals surface area contributed by atoms with Crippen molar-refractivity contribution in [1.82, 2.24) is 10.2 Å². The van der Waals surface area contributed by atoms with E-state index in [1.807, 2.05) is 24.3 Å². The first-order valence-corrected chi connectivity index (χ1v) is 8.37. The van der Waals surface area contributed by atoms with Crippen LogP contribution in [0.4, 0.5) is 0 Å². The Morgan fingerprint density at radius 3 is 2.71 bits per heavy atom. The predicted molar refractivity (Wildman–Crippen MR) is 108 cm³/mol. The molecule has 0 amide bonds. The van der Waals surface area contributed by atoms with Crippen molar-refractivity contribution in [3.8, 4) is 0 Å². The predicted octanol–water partition coefficient (Wildman–Crippen LogP) is 3.31. The summed E-state index contributed by atoms with van der Waals surface area (Å²) in [7, 11) is 1.45. The molecule has 1 heterocycles. The summed E-state index contributed by atoms with van der Waals surface area (Å²) in [6, 6.07) is 7.74. The van der Waals surface area contributed by atoms with Crippen LogP contribution in [-0.2, 0) is 16.1 Å². The van der Waals surface area contributed by atoms with Gasteiger partial charge in [-0.25, -0.2) is 4.99 Å². The second kappa shape index (κ2) is 10.8. The van der Waals surface area contributed by atoms with Gasteiger partial charge in [-0.2, -0.15) is 0 Å². The summed E-state index contributed by atoms with van der Waals surface area (Å²) < 4.78 is 4.83. The van der Waals surface area contributed by atoms with Gasteiger partial charge in [-0.05, 0) is 37.5 Å². The fourth-order valence-corrected chi connectivity index (χ4v) is 2.93. The van der Waals surface area contributed by atoms with Gasteiger partial charge in [-0.15, -0.1) is 24.0 Å². The number of aliphatic imine (C=N–C) groups is 1. The Kier molecular flexibility index (Phi) is 9.43. The van der Waals surface area contributed by atoms with Gasteiger partial charge in [-0.1, -0.05) is 23.7 Å². The van der Waals surface area contributed by atoms with E-state index in [0.29, 0.717) is 6.54 Å². The number of methoxy groups -OCH3 is 1. The van der Waals surface area contributed by atoms with Crippen molar-refractivity contribution < 1.29 is 9.53 Å². The molecule has 0 radical (unpaired) electrons. The Bertz CT molecular complexity index is 561. The molecule has 0 unspecified atom stereocenters. The Balaban J connectivity index is 0.00000288. The topological polar surface area (TPSA) is 53.9 Å². The summed E-state index contributed by atoms with van der Waals surface area (Å²) >= 11 is 6.01. The van der Waals surface area contributed by atoms with E-state index in [2.05, 4.69) is 17.1 Å². The van der Waals surface area contributed by atoms with Gasteiger partial charge in [0, 0.05) is 24.7 Å². The minimum absolute atomic E-state index is 0. The molecule has 134 valence electrons. The quantitative estimate of drug-likeness (QED) is 0.321. The number of hydrogen-bond acceptors (Lipinski definition) is 3. The number of nitrogens with one attached hydrogen (secondary N) is 1. The third-order valence-electron chi connectivity index (χ3n) is 3.96.